The molecule has 1 fully saturated rings. The summed E-state index contributed by atoms with van der Waals surface area (Å²) in [6, 6.07) is 0. The molecule has 2 unspecified atom stereocenters. The van der Waals surface area contributed by atoms with Crippen molar-refractivity contribution in [3.63, 3.8) is 0 Å². The lowest BCUT2D eigenvalue weighted by Gasteiger charge is -2.33. The topological polar surface area (TPSA) is 43.4 Å². The van der Waals surface area contributed by atoms with E-state index >= 15 is 0 Å². The standard InChI is InChI=1S/C10H20O3S/c1-4-14(11,12)13-10-8(2)6-5-7-9(10)3/h8-10H,4-7H2,1-3H3. The second kappa shape index (κ2) is 4.62. The van der Waals surface area contributed by atoms with Gasteiger partial charge in [-0.3, -0.25) is 4.18 Å². The van der Waals surface area contributed by atoms with Crippen LogP contribution < -0.4 is 0 Å². The molecule has 0 aromatic rings. The van der Waals surface area contributed by atoms with E-state index in [9.17, 15) is 8.42 Å². The van der Waals surface area contributed by atoms with Gasteiger partial charge in [0.25, 0.3) is 10.1 Å². The van der Waals surface area contributed by atoms with Gasteiger partial charge in [-0.2, -0.15) is 8.42 Å². The Labute approximate surface area is 87.0 Å². The van der Waals surface area contributed by atoms with Gasteiger partial charge in [-0.05, 0) is 31.6 Å². The number of rotatable bonds is 3. The predicted molar refractivity (Wildman–Crippen MR) is 56.5 cm³/mol. The first-order chi connectivity index (χ1) is 6.46. The Morgan fingerprint density at radius 3 is 2.14 bits per heavy atom. The van der Waals surface area contributed by atoms with Crippen molar-refractivity contribution in [3.05, 3.63) is 0 Å². The minimum atomic E-state index is -3.28. The molecule has 0 radical (unpaired) electrons. The largest absolute Gasteiger partial charge is 0.267 e. The van der Waals surface area contributed by atoms with Crippen molar-refractivity contribution in [2.45, 2.75) is 46.1 Å². The van der Waals surface area contributed by atoms with E-state index in [2.05, 4.69) is 13.8 Å². The van der Waals surface area contributed by atoms with Crippen molar-refractivity contribution in [1.29, 1.82) is 0 Å². The van der Waals surface area contributed by atoms with Crippen LogP contribution >= 0.6 is 0 Å². The van der Waals surface area contributed by atoms with E-state index in [-0.39, 0.29) is 11.9 Å². The van der Waals surface area contributed by atoms with Crippen LogP contribution in [0.15, 0.2) is 0 Å². The van der Waals surface area contributed by atoms with Crippen LogP contribution in [0.3, 0.4) is 0 Å². The highest BCUT2D eigenvalue weighted by Crippen LogP contribution is 2.32. The van der Waals surface area contributed by atoms with Crippen molar-refractivity contribution < 1.29 is 12.6 Å². The summed E-state index contributed by atoms with van der Waals surface area (Å²) in [7, 11) is -3.28. The van der Waals surface area contributed by atoms with Crippen LogP contribution in [0.25, 0.3) is 0 Å². The van der Waals surface area contributed by atoms with Gasteiger partial charge in [0.2, 0.25) is 0 Å². The molecule has 1 saturated carbocycles. The van der Waals surface area contributed by atoms with Crippen LogP contribution in [0.5, 0.6) is 0 Å². The first-order valence-electron chi connectivity index (χ1n) is 5.37. The lowest BCUT2D eigenvalue weighted by atomic mass is 9.81. The van der Waals surface area contributed by atoms with Crippen LogP contribution in [-0.4, -0.2) is 20.3 Å². The molecule has 0 aromatic heterocycles. The fraction of sp³-hybridized carbons (Fsp3) is 1.00. The quantitative estimate of drug-likeness (QED) is 0.685. The average Bonchev–Trinajstić information content (AvgIpc) is 2.12. The van der Waals surface area contributed by atoms with Crippen LogP contribution in [-0.2, 0) is 14.3 Å². The van der Waals surface area contributed by atoms with Crippen LogP contribution in [0, 0.1) is 11.8 Å². The van der Waals surface area contributed by atoms with E-state index in [1.807, 2.05) is 0 Å². The maximum absolute atomic E-state index is 11.3. The van der Waals surface area contributed by atoms with Gasteiger partial charge in [0, 0.05) is 0 Å². The van der Waals surface area contributed by atoms with Gasteiger partial charge in [-0.25, -0.2) is 0 Å². The summed E-state index contributed by atoms with van der Waals surface area (Å²) in [6.07, 6.45) is 3.24. The highest BCUT2D eigenvalue weighted by atomic mass is 32.2. The second-order valence-electron chi connectivity index (χ2n) is 4.29. The molecule has 84 valence electrons. The predicted octanol–water partition coefficient (Wildman–Crippen LogP) is 2.18. The van der Waals surface area contributed by atoms with Crippen molar-refractivity contribution in [2.24, 2.45) is 11.8 Å². The normalized spacial score (nSPS) is 34.4. The summed E-state index contributed by atoms with van der Waals surface area (Å²) < 4.78 is 27.9. The highest BCUT2D eigenvalue weighted by molar-refractivity contribution is 7.86. The van der Waals surface area contributed by atoms with Gasteiger partial charge in [0.05, 0.1) is 11.9 Å². The number of hydrogen-bond acceptors (Lipinski definition) is 3. The molecule has 0 amide bonds. The Hall–Kier alpha value is -0.0900. The molecule has 0 bridgehead atoms. The summed E-state index contributed by atoms with van der Waals surface area (Å²) in [6.45, 7) is 5.77. The van der Waals surface area contributed by atoms with Gasteiger partial charge in [-0.15, -0.1) is 0 Å². The number of hydrogen-bond donors (Lipinski definition) is 0. The maximum atomic E-state index is 11.3. The Bertz CT molecular complexity index is 261. The molecule has 1 rings (SSSR count). The third kappa shape index (κ3) is 2.95. The van der Waals surface area contributed by atoms with Gasteiger partial charge >= 0.3 is 0 Å². The lowest BCUT2D eigenvalue weighted by molar-refractivity contribution is 0.0612. The van der Waals surface area contributed by atoms with Crippen molar-refractivity contribution >= 4 is 10.1 Å². The monoisotopic (exact) mass is 220 g/mol. The van der Waals surface area contributed by atoms with E-state index in [1.165, 1.54) is 6.42 Å². The average molecular weight is 220 g/mol. The smallest absolute Gasteiger partial charge is 0.266 e. The second-order valence-corrected chi connectivity index (χ2v) is 6.18. The molecule has 0 N–H and O–H groups in total. The molecule has 14 heavy (non-hydrogen) atoms. The Morgan fingerprint density at radius 2 is 1.71 bits per heavy atom. The Balaban J connectivity index is 2.65. The molecule has 0 spiro atoms. The van der Waals surface area contributed by atoms with Gasteiger partial charge < -0.3 is 0 Å². The highest BCUT2D eigenvalue weighted by Gasteiger charge is 2.31. The summed E-state index contributed by atoms with van der Waals surface area (Å²) in [5.74, 6) is 0.795. The molecular weight excluding hydrogens is 200 g/mol. The van der Waals surface area contributed by atoms with E-state index in [4.69, 9.17) is 4.18 Å². The maximum Gasteiger partial charge on any atom is 0.267 e. The molecule has 0 aromatic carbocycles. The third-order valence-electron chi connectivity index (χ3n) is 3.05. The fourth-order valence-electron chi connectivity index (χ4n) is 2.08. The summed E-state index contributed by atoms with van der Waals surface area (Å²) in [4.78, 5) is 0. The first-order valence-corrected chi connectivity index (χ1v) is 6.95. The van der Waals surface area contributed by atoms with Crippen molar-refractivity contribution in [1.82, 2.24) is 0 Å². The van der Waals surface area contributed by atoms with Gasteiger partial charge in [0.1, 0.15) is 0 Å². The molecule has 2 atom stereocenters. The van der Waals surface area contributed by atoms with E-state index in [0.717, 1.165) is 12.8 Å². The molecule has 0 aliphatic heterocycles. The van der Waals surface area contributed by atoms with E-state index in [1.54, 1.807) is 6.92 Å². The fourth-order valence-corrected chi connectivity index (χ4v) is 2.93. The third-order valence-corrected chi connectivity index (χ3v) is 4.27. The zero-order chi connectivity index (χ0) is 10.8. The minimum absolute atomic E-state index is 0.0724. The Morgan fingerprint density at radius 1 is 1.21 bits per heavy atom. The molecule has 3 nitrogen and oxygen atoms in total. The summed E-state index contributed by atoms with van der Waals surface area (Å²) >= 11 is 0. The van der Waals surface area contributed by atoms with Crippen LogP contribution in [0.1, 0.15) is 40.0 Å². The summed E-state index contributed by atoms with van der Waals surface area (Å²) in [5, 5.41) is 0. The molecule has 4 heteroatoms. The van der Waals surface area contributed by atoms with Gasteiger partial charge in [-0.1, -0.05) is 20.3 Å². The SMILES string of the molecule is CCS(=O)(=O)OC1C(C)CCCC1C. The molecular formula is C10H20O3S. The van der Waals surface area contributed by atoms with Crippen molar-refractivity contribution in [3.8, 4) is 0 Å². The molecule has 1 aliphatic carbocycles. The Kier molecular flexibility index (Phi) is 3.95. The van der Waals surface area contributed by atoms with E-state index < -0.39 is 10.1 Å². The first kappa shape index (κ1) is 12.0. The molecule has 0 saturated heterocycles. The molecule has 0 heterocycles. The zero-order valence-electron chi connectivity index (χ0n) is 9.19. The zero-order valence-corrected chi connectivity index (χ0v) is 10.0. The van der Waals surface area contributed by atoms with Crippen molar-refractivity contribution in [2.75, 3.05) is 5.75 Å². The lowest BCUT2D eigenvalue weighted by Crippen LogP contribution is -2.35. The van der Waals surface area contributed by atoms with Gasteiger partial charge in [0.15, 0.2) is 0 Å². The summed E-state index contributed by atoms with van der Waals surface area (Å²) in [5.41, 5.74) is 0. The van der Waals surface area contributed by atoms with E-state index in [0.29, 0.717) is 11.8 Å². The minimum Gasteiger partial charge on any atom is -0.266 e. The van der Waals surface area contributed by atoms with Crippen LogP contribution in [0.2, 0.25) is 0 Å². The van der Waals surface area contributed by atoms with Crippen LogP contribution in [0.4, 0.5) is 0 Å². The molecule has 1 aliphatic rings.